The number of hydrogen-bond acceptors (Lipinski definition) is 5. The molecule has 8 heteroatoms. The first-order chi connectivity index (χ1) is 19.7. The monoisotopic (exact) mass is 573 g/mol. The predicted octanol–water partition coefficient (Wildman–Crippen LogP) is 4.26. The minimum Gasteiger partial charge on any atom is -0.394 e. The zero-order valence-electron chi connectivity index (χ0n) is 24.2. The standard InChI is InChI=1S/C33H39N3O4S/c1-5-16-34-17-8-14-32(4)26(29(34)38)27-30(39)36(25(20-37)21(2)3)28-31(40)35(18-9-15-33(27,28)41-32)24-13-12-22-10-6-7-11-23(22)19-24/h6-15,19,21,25-28,37H,5,16-18,20H2,1-4H3/t25-,26-,27-,28?,32+,33-/m0/s1. The van der Waals surface area contributed by atoms with Gasteiger partial charge < -0.3 is 19.8 Å². The Morgan fingerprint density at radius 1 is 0.951 bits per heavy atom. The summed E-state index contributed by atoms with van der Waals surface area (Å²) in [6, 6.07) is 12.6. The quantitative estimate of drug-likeness (QED) is 0.523. The lowest BCUT2D eigenvalue weighted by Crippen LogP contribution is -2.58. The molecule has 4 aliphatic heterocycles. The van der Waals surface area contributed by atoms with E-state index in [0.717, 1.165) is 22.9 Å². The number of carbonyl (C=O) groups excluding carboxylic acids is 3. The third kappa shape index (κ3) is 4.16. The molecule has 0 aliphatic carbocycles. The number of aliphatic hydroxyl groups is 1. The van der Waals surface area contributed by atoms with Crippen molar-refractivity contribution in [3.63, 3.8) is 0 Å². The van der Waals surface area contributed by atoms with Crippen molar-refractivity contribution in [2.75, 3.05) is 31.1 Å². The van der Waals surface area contributed by atoms with Gasteiger partial charge in [-0.3, -0.25) is 14.4 Å². The van der Waals surface area contributed by atoms with E-state index in [-0.39, 0.29) is 30.2 Å². The first-order valence-corrected chi connectivity index (χ1v) is 15.6. The van der Waals surface area contributed by atoms with Crippen LogP contribution in [-0.2, 0) is 14.4 Å². The highest BCUT2D eigenvalue weighted by atomic mass is 32.2. The Hall–Kier alpha value is -3.10. The normalized spacial score (nSPS) is 31.9. The summed E-state index contributed by atoms with van der Waals surface area (Å²) in [5.41, 5.74) is 0.768. The second-order valence-electron chi connectivity index (χ2n) is 12.3. The molecule has 4 aliphatic rings. The Bertz CT molecular complexity index is 1450. The first-order valence-electron chi connectivity index (χ1n) is 14.7. The van der Waals surface area contributed by atoms with Crippen LogP contribution in [0, 0.1) is 17.8 Å². The van der Waals surface area contributed by atoms with Crippen molar-refractivity contribution in [2.45, 2.75) is 55.7 Å². The van der Waals surface area contributed by atoms with Crippen LogP contribution in [-0.4, -0.2) is 80.4 Å². The number of hydrogen-bond donors (Lipinski definition) is 1. The fourth-order valence-electron chi connectivity index (χ4n) is 7.54. The lowest BCUT2D eigenvalue weighted by atomic mass is 9.74. The largest absolute Gasteiger partial charge is 0.394 e. The number of carbonyl (C=O) groups is 3. The first kappa shape index (κ1) is 28.0. The molecule has 2 saturated heterocycles. The number of aliphatic hydroxyl groups excluding tert-OH is 1. The molecule has 216 valence electrons. The highest BCUT2D eigenvalue weighted by Crippen LogP contribution is 2.66. The minimum absolute atomic E-state index is 0.0238. The number of anilines is 1. The number of thioether (sulfide) groups is 1. The van der Waals surface area contributed by atoms with E-state index in [4.69, 9.17) is 0 Å². The predicted molar refractivity (Wildman–Crippen MR) is 164 cm³/mol. The van der Waals surface area contributed by atoms with Crippen LogP contribution in [0.5, 0.6) is 0 Å². The van der Waals surface area contributed by atoms with Gasteiger partial charge in [0.05, 0.1) is 29.2 Å². The van der Waals surface area contributed by atoms with E-state index in [1.54, 1.807) is 21.6 Å². The van der Waals surface area contributed by atoms with Crippen molar-refractivity contribution in [1.29, 1.82) is 0 Å². The maximum Gasteiger partial charge on any atom is 0.251 e. The third-order valence-electron chi connectivity index (χ3n) is 9.43. The van der Waals surface area contributed by atoms with E-state index >= 15 is 0 Å². The van der Waals surface area contributed by atoms with Gasteiger partial charge in [0.15, 0.2) is 0 Å². The Kier molecular flexibility index (Phi) is 7.05. The number of fused-ring (bicyclic) bond motifs is 3. The van der Waals surface area contributed by atoms with Gasteiger partial charge in [-0.2, -0.15) is 0 Å². The summed E-state index contributed by atoms with van der Waals surface area (Å²) in [5, 5.41) is 12.7. The topological polar surface area (TPSA) is 81.2 Å². The number of likely N-dealkylation sites (tertiary alicyclic amines) is 1. The summed E-state index contributed by atoms with van der Waals surface area (Å²) >= 11 is 1.59. The molecule has 6 atom stereocenters. The third-order valence-corrected chi connectivity index (χ3v) is 11.2. The Morgan fingerprint density at radius 3 is 2.39 bits per heavy atom. The maximum absolute atomic E-state index is 14.8. The fraction of sp³-hybridized carbons (Fsp3) is 0.485. The smallest absolute Gasteiger partial charge is 0.251 e. The number of amides is 3. The van der Waals surface area contributed by atoms with Gasteiger partial charge in [-0.15, -0.1) is 11.8 Å². The van der Waals surface area contributed by atoms with Crippen LogP contribution in [0.2, 0.25) is 0 Å². The van der Waals surface area contributed by atoms with Gasteiger partial charge in [-0.05, 0) is 42.2 Å². The van der Waals surface area contributed by atoms with Crippen LogP contribution in [0.3, 0.4) is 0 Å². The van der Waals surface area contributed by atoms with E-state index in [0.29, 0.717) is 19.6 Å². The van der Waals surface area contributed by atoms with Crippen molar-refractivity contribution in [3.8, 4) is 0 Å². The minimum atomic E-state index is -0.934. The van der Waals surface area contributed by atoms with Crippen LogP contribution in [0.15, 0.2) is 66.8 Å². The van der Waals surface area contributed by atoms with Crippen LogP contribution >= 0.6 is 11.8 Å². The van der Waals surface area contributed by atoms with Gasteiger partial charge in [0.1, 0.15) is 6.04 Å². The molecule has 3 amide bonds. The molecule has 4 heterocycles. The van der Waals surface area contributed by atoms with Crippen LogP contribution in [0.25, 0.3) is 10.8 Å². The summed E-state index contributed by atoms with van der Waals surface area (Å²) in [6.45, 7) is 9.28. The molecule has 0 saturated carbocycles. The van der Waals surface area contributed by atoms with E-state index in [2.05, 4.69) is 6.08 Å². The summed E-state index contributed by atoms with van der Waals surface area (Å²) in [5.74, 6) is -1.79. The Morgan fingerprint density at radius 2 is 1.68 bits per heavy atom. The van der Waals surface area contributed by atoms with Gasteiger partial charge in [-0.25, -0.2) is 0 Å². The molecule has 0 bridgehead atoms. The average molecular weight is 574 g/mol. The molecule has 1 unspecified atom stereocenters. The summed E-state index contributed by atoms with van der Waals surface area (Å²) in [6.07, 6.45) is 9.01. The van der Waals surface area contributed by atoms with E-state index in [1.165, 1.54) is 0 Å². The SMILES string of the molecule is CCCN1CC=C[C@@]2(C)S[C@]34C=CCN(c5ccc6ccccc6c5)C(=O)C3N([C@@H](CO)C(C)C)C(=O)[C@@H]4[C@H]2C1=O. The summed E-state index contributed by atoms with van der Waals surface area (Å²) in [4.78, 5) is 48.9. The number of benzene rings is 2. The Balaban J connectivity index is 1.50. The van der Waals surface area contributed by atoms with E-state index < -0.39 is 33.4 Å². The highest BCUT2D eigenvalue weighted by Gasteiger charge is 2.74. The molecular formula is C33H39N3O4S. The van der Waals surface area contributed by atoms with E-state index in [1.807, 2.05) is 93.3 Å². The summed E-state index contributed by atoms with van der Waals surface area (Å²) < 4.78 is -1.57. The fourth-order valence-corrected chi connectivity index (χ4v) is 9.68. The molecule has 1 N–H and O–H groups in total. The molecule has 0 radical (unpaired) electrons. The molecule has 7 nitrogen and oxygen atoms in total. The molecule has 0 aromatic heterocycles. The maximum atomic E-state index is 14.8. The van der Waals surface area contributed by atoms with Gasteiger partial charge >= 0.3 is 0 Å². The van der Waals surface area contributed by atoms with Crippen LogP contribution < -0.4 is 4.90 Å². The lowest BCUT2D eigenvalue weighted by Gasteiger charge is -2.41. The highest BCUT2D eigenvalue weighted by molar-refractivity contribution is 8.02. The van der Waals surface area contributed by atoms with Gasteiger partial charge in [0.25, 0.3) is 5.91 Å². The second kappa shape index (κ2) is 10.3. The molecular weight excluding hydrogens is 534 g/mol. The zero-order valence-corrected chi connectivity index (χ0v) is 25.0. The molecule has 2 aromatic carbocycles. The molecule has 2 aromatic rings. The van der Waals surface area contributed by atoms with E-state index in [9.17, 15) is 19.5 Å². The number of nitrogens with zero attached hydrogens (tertiary/aromatic N) is 3. The van der Waals surface area contributed by atoms with Gasteiger partial charge in [0.2, 0.25) is 11.8 Å². The molecule has 6 rings (SSSR count). The van der Waals surface area contributed by atoms with Crippen molar-refractivity contribution in [1.82, 2.24) is 9.80 Å². The zero-order chi connectivity index (χ0) is 29.1. The number of rotatable bonds is 6. The van der Waals surface area contributed by atoms with Crippen LogP contribution in [0.1, 0.15) is 34.1 Å². The molecule has 41 heavy (non-hydrogen) atoms. The van der Waals surface area contributed by atoms with Gasteiger partial charge in [0, 0.05) is 30.1 Å². The average Bonchev–Trinajstić information content (AvgIpc) is 3.22. The Labute approximate surface area is 246 Å². The lowest BCUT2D eigenvalue weighted by molar-refractivity contribution is -0.146. The second-order valence-corrected chi connectivity index (χ2v) is 14.1. The van der Waals surface area contributed by atoms with Crippen molar-refractivity contribution in [2.24, 2.45) is 17.8 Å². The van der Waals surface area contributed by atoms with Crippen molar-refractivity contribution < 1.29 is 19.5 Å². The van der Waals surface area contributed by atoms with Crippen LogP contribution in [0.4, 0.5) is 5.69 Å². The molecule has 1 spiro atoms. The van der Waals surface area contributed by atoms with Gasteiger partial charge in [-0.1, -0.05) is 75.4 Å². The van der Waals surface area contributed by atoms with Crippen molar-refractivity contribution >= 4 is 45.9 Å². The van der Waals surface area contributed by atoms with Crippen molar-refractivity contribution in [3.05, 3.63) is 66.8 Å². The summed E-state index contributed by atoms with van der Waals surface area (Å²) in [7, 11) is 0. The molecule has 2 fully saturated rings.